The maximum Gasteiger partial charge on any atom is 0.251 e. The first-order chi connectivity index (χ1) is 11.9. The molecule has 0 fully saturated rings. The summed E-state index contributed by atoms with van der Waals surface area (Å²) in [5, 5.41) is 5.19. The number of aromatic nitrogens is 1. The first-order valence-electron chi connectivity index (χ1n) is 7.82. The second-order valence-corrected chi connectivity index (χ2v) is 5.86. The molecule has 2 aromatic rings. The van der Waals surface area contributed by atoms with Gasteiger partial charge in [0.05, 0.1) is 18.3 Å². The molecule has 0 aliphatic carbocycles. The van der Waals surface area contributed by atoms with Crippen molar-refractivity contribution in [2.45, 2.75) is 19.9 Å². The Morgan fingerprint density at radius 2 is 1.88 bits per heavy atom. The molecule has 0 aliphatic rings. The SMILES string of the molecule is CC(C)C(NC(=O)CNC(=O)c1ccc(F)c(F)c1)c1ccccn1. The lowest BCUT2D eigenvalue weighted by Crippen LogP contribution is -2.40. The van der Waals surface area contributed by atoms with Gasteiger partial charge in [0.1, 0.15) is 0 Å². The number of amides is 2. The Morgan fingerprint density at radius 1 is 1.12 bits per heavy atom. The van der Waals surface area contributed by atoms with Gasteiger partial charge < -0.3 is 10.6 Å². The number of pyridine rings is 1. The summed E-state index contributed by atoms with van der Waals surface area (Å²) in [5.41, 5.74) is 0.662. The molecule has 25 heavy (non-hydrogen) atoms. The average Bonchev–Trinajstić information content (AvgIpc) is 2.60. The Kier molecular flexibility index (Phi) is 6.16. The van der Waals surface area contributed by atoms with E-state index in [-0.39, 0.29) is 24.1 Å². The number of nitrogens with zero attached hydrogens (tertiary/aromatic N) is 1. The Hall–Kier alpha value is -2.83. The van der Waals surface area contributed by atoms with Crippen molar-refractivity contribution >= 4 is 11.8 Å². The maximum atomic E-state index is 13.1. The van der Waals surface area contributed by atoms with Gasteiger partial charge in [0.2, 0.25) is 5.91 Å². The number of carbonyl (C=O) groups is 2. The van der Waals surface area contributed by atoms with Crippen LogP contribution in [-0.4, -0.2) is 23.3 Å². The fourth-order valence-electron chi connectivity index (χ4n) is 2.27. The second-order valence-electron chi connectivity index (χ2n) is 5.86. The van der Waals surface area contributed by atoms with Crippen LogP contribution in [-0.2, 0) is 4.79 Å². The quantitative estimate of drug-likeness (QED) is 0.844. The number of halogens is 2. The van der Waals surface area contributed by atoms with E-state index in [2.05, 4.69) is 15.6 Å². The van der Waals surface area contributed by atoms with Gasteiger partial charge in [-0.25, -0.2) is 8.78 Å². The van der Waals surface area contributed by atoms with Gasteiger partial charge in [-0.3, -0.25) is 14.6 Å². The van der Waals surface area contributed by atoms with E-state index in [0.717, 1.165) is 23.9 Å². The molecule has 7 heteroatoms. The van der Waals surface area contributed by atoms with Gasteiger partial charge in [0.25, 0.3) is 5.91 Å². The molecule has 2 N–H and O–H groups in total. The first-order valence-corrected chi connectivity index (χ1v) is 7.82. The summed E-state index contributed by atoms with van der Waals surface area (Å²) in [6, 6.07) is 7.92. The Morgan fingerprint density at radius 3 is 2.48 bits per heavy atom. The molecule has 1 unspecified atom stereocenters. The van der Waals surface area contributed by atoms with Crippen molar-refractivity contribution in [3.63, 3.8) is 0 Å². The summed E-state index contributed by atoms with van der Waals surface area (Å²) in [4.78, 5) is 28.2. The van der Waals surface area contributed by atoms with Gasteiger partial charge in [-0.1, -0.05) is 19.9 Å². The van der Waals surface area contributed by atoms with E-state index in [1.807, 2.05) is 26.0 Å². The molecule has 5 nitrogen and oxygen atoms in total. The lowest BCUT2D eigenvalue weighted by atomic mass is 10.0. The monoisotopic (exact) mass is 347 g/mol. The van der Waals surface area contributed by atoms with E-state index in [0.29, 0.717) is 0 Å². The molecule has 0 saturated carbocycles. The normalized spacial score (nSPS) is 11.9. The van der Waals surface area contributed by atoms with Crippen LogP contribution in [0.3, 0.4) is 0 Å². The van der Waals surface area contributed by atoms with E-state index < -0.39 is 23.4 Å². The molecule has 0 radical (unpaired) electrons. The molecule has 2 rings (SSSR count). The third kappa shape index (κ3) is 5.07. The standard InChI is InChI=1S/C18H19F2N3O2/c1-11(2)17(15-5-3-4-8-21-15)23-16(24)10-22-18(25)12-6-7-13(19)14(20)9-12/h3-9,11,17H,10H2,1-2H3,(H,22,25)(H,23,24). The molecule has 1 aromatic carbocycles. The largest absolute Gasteiger partial charge is 0.346 e. The number of rotatable bonds is 6. The van der Waals surface area contributed by atoms with E-state index >= 15 is 0 Å². The highest BCUT2D eigenvalue weighted by atomic mass is 19.2. The molecule has 132 valence electrons. The van der Waals surface area contributed by atoms with E-state index in [4.69, 9.17) is 0 Å². The molecule has 2 amide bonds. The Labute approximate surface area is 144 Å². The summed E-state index contributed by atoms with van der Waals surface area (Å²) >= 11 is 0. The van der Waals surface area contributed by atoms with Gasteiger partial charge in [-0.05, 0) is 36.2 Å². The van der Waals surface area contributed by atoms with Gasteiger partial charge in [0, 0.05) is 11.8 Å². The third-order valence-corrected chi connectivity index (χ3v) is 3.58. The van der Waals surface area contributed by atoms with Crippen molar-refractivity contribution in [2.75, 3.05) is 6.54 Å². The molecular weight excluding hydrogens is 328 g/mol. The van der Waals surface area contributed by atoms with Crippen LogP contribution in [0.25, 0.3) is 0 Å². The van der Waals surface area contributed by atoms with Crippen molar-refractivity contribution in [1.82, 2.24) is 15.6 Å². The van der Waals surface area contributed by atoms with Crippen LogP contribution in [0.5, 0.6) is 0 Å². The first kappa shape index (κ1) is 18.5. The predicted octanol–water partition coefficient (Wildman–Crippen LogP) is 2.60. The van der Waals surface area contributed by atoms with Crippen LogP contribution in [0.15, 0.2) is 42.6 Å². The molecule has 0 aliphatic heterocycles. The summed E-state index contributed by atoms with van der Waals surface area (Å²) in [7, 11) is 0. The minimum Gasteiger partial charge on any atom is -0.346 e. The summed E-state index contributed by atoms with van der Waals surface area (Å²) < 4.78 is 26.0. The number of hydrogen-bond donors (Lipinski definition) is 2. The lowest BCUT2D eigenvalue weighted by molar-refractivity contribution is -0.121. The van der Waals surface area contributed by atoms with Crippen LogP contribution in [0.4, 0.5) is 8.78 Å². The Balaban J connectivity index is 1.94. The molecule has 0 bridgehead atoms. The highest BCUT2D eigenvalue weighted by molar-refractivity contribution is 5.96. The molecule has 0 spiro atoms. The molecular formula is C18H19F2N3O2. The summed E-state index contributed by atoms with van der Waals surface area (Å²) in [6.07, 6.45) is 1.64. The second kappa shape index (κ2) is 8.32. The molecule has 0 saturated heterocycles. The van der Waals surface area contributed by atoms with Crippen molar-refractivity contribution in [3.8, 4) is 0 Å². The van der Waals surface area contributed by atoms with Crippen LogP contribution < -0.4 is 10.6 Å². The minimum absolute atomic E-state index is 0.0585. The smallest absolute Gasteiger partial charge is 0.251 e. The van der Waals surface area contributed by atoms with Gasteiger partial charge in [-0.15, -0.1) is 0 Å². The number of carbonyl (C=O) groups excluding carboxylic acids is 2. The zero-order valence-electron chi connectivity index (χ0n) is 13.9. The maximum absolute atomic E-state index is 13.1. The number of nitrogens with one attached hydrogen (secondary N) is 2. The van der Waals surface area contributed by atoms with Crippen molar-refractivity contribution in [3.05, 3.63) is 65.5 Å². The third-order valence-electron chi connectivity index (χ3n) is 3.58. The summed E-state index contributed by atoms with van der Waals surface area (Å²) in [6.45, 7) is 3.60. The lowest BCUT2D eigenvalue weighted by Gasteiger charge is -2.22. The molecule has 1 aromatic heterocycles. The molecule has 1 heterocycles. The predicted molar refractivity (Wildman–Crippen MR) is 88.6 cm³/mol. The van der Waals surface area contributed by atoms with Gasteiger partial charge >= 0.3 is 0 Å². The van der Waals surface area contributed by atoms with Crippen molar-refractivity contribution in [1.29, 1.82) is 0 Å². The van der Waals surface area contributed by atoms with Crippen molar-refractivity contribution in [2.24, 2.45) is 5.92 Å². The van der Waals surface area contributed by atoms with Crippen LogP contribution in [0, 0.1) is 17.6 Å². The fourth-order valence-corrected chi connectivity index (χ4v) is 2.27. The fraction of sp³-hybridized carbons (Fsp3) is 0.278. The van der Waals surface area contributed by atoms with E-state index in [1.165, 1.54) is 0 Å². The minimum atomic E-state index is -1.12. The average molecular weight is 347 g/mol. The van der Waals surface area contributed by atoms with E-state index in [9.17, 15) is 18.4 Å². The highest BCUT2D eigenvalue weighted by Gasteiger charge is 2.19. The molecule has 1 atom stereocenters. The zero-order valence-corrected chi connectivity index (χ0v) is 13.9. The number of benzene rings is 1. The van der Waals surface area contributed by atoms with Gasteiger partial charge in [-0.2, -0.15) is 0 Å². The summed E-state index contributed by atoms with van der Waals surface area (Å²) in [5.74, 6) is -3.12. The van der Waals surface area contributed by atoms with Crippen LogP contribution in [0.1, 0.15) is 35.9 Å². The Bertz CT molecular complexity index is 751. The van der Waals surface area contributed by atoms with Crippen molar-refractivity contribution < 1.29 is 18.4 Å². The van der Waals surface area contributed by atoms with Crippen LogP contribution >= 0.6 is 0 Å². The highest BCUT2D eigenvalue weighted by Crippen LogP contribution is 2.19. The van der Waals surface area contributed by atoms with Crippen LogP contribution in [0.2, 0.25) is 0 Å². The number of hydrogen-bond acceptors (Lipinski definition) is 3. The van der Waals surface area contributed by atoms with Gasteiger partial charge in [0.15, 0.2) is 11.6 Å². The zero-order chi connectivity index (χ0) is 18.4. The topological polar surface area (TPSA) is 71.1 Å². The van der Waals surface area contributed by atoms with E-state index in [1.54, 1.807) is 12.3 Å².